The summed E-state index contributed by atoms with van der Waals surface area (Å²) in [6.45, 7) is 2.21. The molecule has 0 saturated carbocycles. The molecule has 0 aliphatic rings. The molecule has 2 rings (SSSR count). The highest BCUT2D eigenvalue weighted by atomic mass is 35.5. The van der Waals surface area contributed by atoms with E-state index in [0.717, 1.165) is 5.56 Å². The van der Waals surface area contributed by atoms with Gasteiger partial charge in [-0.25, -0.2) is 0 Å². The molecule has 0 aliphatic carbocycles. The van der Waals surface area contributed by atoms with E-state index in [4.69, 9.17) is 27.9 Å². The van der Waals surface area contributed by atoms with Gasteiger partial charge in [0, 0.05) is 15.6 Å². The fourth-order valence-electron chi connectivity index (χ4n) is 2.00. The monoisotopic (exact) mass is 322 g/mol. The topological polar surface area (TPSA) is 26.3 Å². The van der Waals surface area contributed by atoms with E-state index in [0.29, 0.717) is 22.0 Å². The Morgan fingerprint density at radius 1 is 1.14 bits per heavy atom. The highest BCUT2D eigenvalue weighted by molar-refractivity contribution is 6.35. The Bertz CT molecular complexity index is 611. The van der Waals surface area contributed by atoms with Crippen LogP contribution >= 0.6 is 23.2 Å². The van der Waals surface area contributed by atoms with Crippen LogP contribution in [-0.2, 0) is 11.3 Å². The number of ether oxygens (including phenoxy) is 1. The van der Waals surface area contributed by atoms with Gasteiger partial charge >= 0.3 is 0 Å². The summed E-state index contributed by atoms with van der Waals surface area (Å²) in [5, 5.41) is 1.13. The standard InChI is InChI=1S/C17H16Cl2O2/c1-2-16(17(20)12-6-4-3-5-7-12)21-11-13-8-9-14(18)10-15(13)19/h3-10,16H,2,11H2,1H3. The molecule has 0 saturated heterocycles. The van der Waals surface area contributed by atoms with Crippen molar-refractivity contribution in [2.45, 2.75) is 26.1 Å². The molecule has 4 heteroatoms. The predicted molar refractivity (Wildman–Crippen MR) is 86.1 cm³/mol. The summed E-state index contributed by atoms with van der Waals surface area (Å²) in [6, 6.07) is 14.4. The Balaban J connectivity index is 2.04. The fourth-order valence-corrected chi connectivity index (χ4v) is 2.46. The Morgan fingerprint density at radius 3 is 2.48 bits per heavy atom. The average molecular weight is 323 g/mol. The molecule has 2 aromatic rings. The Labute approximate surface area is 134 Å². The minimum atomic E-state index is -0.473. The van der Waals surface area contributed by atoms with Gasteiger partial charge in [0.1, 0.15) is 6.10 Å². The zero-order valence-electron chi connectivity index (χ0n) is 11.7. The van der Waals surface area contributed by atoms with Gasteiger partial charge in [0.25, 0.3) is 0 Å². The molecular weight excluding hydrogens is 307 g/mol. The SMILES string of the molecule is CCC(OCc1ccc(Cl)cc1Cl)C(=O)c1ccccc1. The lowest BCUT2D eigenvalue weighted by atomic mass is 10.0. The van der Waals surface area contributed by atoms with Crippen LogP contribution in [0.2, 0.25) is 10.0 Å². The molecule has 0 aromatic heterocycles. The van der Waals surface area contributed by atoms with E-state index in [1.165, 1.54) is 0 Å². The molecular formula is C17H16Cl2O2. The molecule has 0 spiro atoms. The molecule has 2 aromatic carbocycles. The number of halogens is 2. The van der Waals surface area contributed by atoms with Gasteiger partial charge in [-0.3, -0.25) is 4.79 Å². The number of ketones is 1. The molecule has 0 bridgehead atoms. The normalized spacial score (nSPS) is 12.1. The van der Waals surface area contributed by atoms with E-state index in [1.54, 1.807) is 24.3 Å². The number of carbonyl (C=O) groups excluding carboxylic acids is 1. The van der Waals surface area contributed by atoms with Gasteiger partial charge < -0.3 is 4.74 Å². The highest BCUT2D eigenvalue weighted by Crippen LogP contribution is 2.22. The summed E-state index contributed by atoms with van der Waals surface area (Å²) >= 11 is 12.0. The fraction of sp³-hybridized carbons (Fsp3) is 0.235. The molecule has 1 unspecified atom stereocenters. The van der Waals surface area contributed by atoms with Crippen molar-refractivity contribution in [3.05, 3.63) is 69.7 Å². The summed E-state index contributed by atoms with van der Waals surface area (Å²) in [5.74, 6) is -0.0109. The second kappa shape index (κ2) is 7.60. The summed E-state index contributed by atoms with van der Waals surface area (Å²) in [6.07, 6.45) is 0.137. The third kappa shape index (κ3) is 4.31. The third-order valence-corrected chi connectivity index (χ3v) is 3.76. The van der Waals surface area contributed by atoms with E-state index >= 15 is 0 Å². The molecule has 0 N–H and O–H groups in total. The maximum absolute atomic E-state index is 12.4. The number of carbonyl (C=O) groups is 1. The second-order valence-electron chi connectivity index (χ2n) is 4.67. The van der Waals surface area contributed by atoms with E-state index < -0.39 is 6.10 Å². The first-order valence-corrected chi connectivity index (χ1v) is 7.52. The molecule has 1 atom stereocenters. The summed E-state index contributed by atoms with van der Waals surface area (Å²) < 4.78 is 5.74. The second-order valence-corrected chi connectivity index (χ2v) is 5.52. The summed E-state index contributed by atoms with van der Waals surface area (Å²) in [7, 11) is 0. The minimum Gasteiger partial charge on any atom is -0.365 e. The van der Waals surface area contributed by atoms with Crippen LogP contribution in [0.1, 0.15) is 29.3 Å². The number of benzene rings is 2. The van der Waals surface area contributed by atoms with Crippen LogP contribution in [0.25, 0.3) is 0 Å². The first-order valence-electron chi connectivity index (χ1n) is 6.76. The van der Waals surface area contributed by atoms with Gasteiger partial charge in [0.05, 0.1) is 6.61 Å². The van der Waals surface area contributed by atoms with E-state index in [1.807, 2.05) is 31.2 Å². The Kier molecular flexibility index (Phi) is 5.80. The van der Waals surface area contributed by atoms with E-state index in [2.05, 4.69) is 0 Å². The minimum absolute atomic E-state index is 0.0109. The molecule has 0 heterocycles. The molecule has 2 nitrogen and oxygen atoms in total. The van der Waals surface area contributed by atoms with Crippen LogP contribution in [0.15, 0.2) is 48.5 Å². The number of rotatable bonds is 6. The van der Waals surface area contributed by atoms with E-state index in [-0.39, 0.29) is 12.4 Å². The summed E-state index contributed by atoms with van der Waals surface area (Å²) in [5.41, 5.74) is 1.48. The lowest BCUT2D eigenvalue weighted by molar-refractivity contribution is 0.0326. The molecule has 110 valence electrons. The van der Waals surface area contributed by atoms with Gasteiger partial charge in [0.15, 0.2) is 5.78 Å². The molecule has 21 heavy (non-hydrogen) atoms. The van der Waals surface area contributed by atoms with Gasteiger partial charge in [-0.1, -0.05) is 66.5 Å². The van der Waals surface area contributed by atoms with E-state index in [9.17, 15) is 4.79 Å². The zero-order valence-corrected chi connectivity index (χ0v) is 13.2. The molecule has 0 amide bonds. The molecule has 0 aliphatic heterocycles. The van der Waals surface area contributed by atoms with Gasteiger partial charge in [-0.15, -0.1) is 0 Å². The molecule has 0 radical (unpaired) electrons. The van der Waals surface area contributed by atoms with Crippen molar-refractivity contribution in [2.75, 3.05) is 0 Å². The average Bonchev–Trinajstić information content (AvgIpc) is 2.50. The van der Waals surface area contributed by atoms with Gasteiger partial charge in [-0.2, -0.15) is 0 Å². The van der Waals surface area contributed by atoms with Crippen LogP contribution in [0, 0.1) is 0 Å². The van der Waals surface area contributed by atoms with Crippen LogP contribution < -0.4 is 0 Å². The lowest BCUT2D eigenvalue weighted by Gasteiger charge is -2.16. The summed E-state index contributed by atoms with van der Waals surface area (Å²) in [4.78, 5) is 12.4. The maximum atomic E-state index is 12.4. The zero-order chi connectivity index (χ0) is 15.2. The van der Waals surface area contributed by atoms with Crippen molar-refractivity contribution in [2.24, 2.45) is 0 Å². The first kappa shape index (κ1) is 16.0. The van der Waals surface area contributed by atoms with Crippen molar-refractivity contribution in [3.63, 3.8) is 0 Å². The number of hydrogen-bond acceptors (Lipinski definition) is 2. The van der Waals surface area contributed by atoms with Gasteiger partial charge in [0.2, 0.25) is 0 Å². The van der Waals surface area contributed by atoms with Crippen LogP contribution in [0.5, 0.6) is 0 Å². The lowest BCUT2D eigenvalue weighted by Crippen LogP contribution is -2.23. The van der Waals surface area contributed by atoms with Crippen molar-refractivity contribution in [1.82, 2.24) is 0 Å². The number of hydrogen-bond donors (Lipinski definition) is 0. The smallest absolute Gasteiger partial charge is 0.191 e. The highest BCUT2D eigenvalue weighted by Gasteiger charge is 2.19. The Hall–Kier alpha value is -1.35. The van der Waals surface area contributed by atoms with Crippen LogP contribution in [-0.4, -0.2) is 11.9 Å². The third-order valence-electron chi connectivity index (χ3n) is 3.18. The number of Topliss-reactive ketones (excluding diaryl/α,β-unsaturated/α-hetero) is 1. The molecule has 0 fully saturated rings. The predicted octanol–water partition coefficient (Wildman–Crippen LogP) is 5.17. The Morgan fingerprint density at radius 2 is 1.86 bits per heavy atom. The van der Waals surface area contributed by atoms with Crippen LogP contribution in [0.3, 0.4) is 0 Å². The van der Waals surface area contributed by atoms with Crippen LogP contribution in [0.4, 0.5) is 0 Å². The van der Waals surface area contributed by atoms with Crippen molar-refractivity contribution in [3.8, 4) is 0 Å². The first-order chi connectivity index (χ1) is 10.1. The maximum Gasteiger partial charge on any atom is 0.191 e. The van der Waals surface area contributed by atoms with Crippen molar-refractivity contribution >= 4 is 29.0 Å². The van der Waals surface area contributed by atoms with Crippen molar-refractivity contribution < 1.29 is 9.53 Å². The van der Waals surface area contributed by atoms with Crippen molar-refractivity contribution in [1.29, 1.82) is 0 Å². The quantitative estimate of drug-likeness (QED) is 0.685. The van der Waals surface area contributed by atoms with Gasteiger partial charge in [-0.05, 0) is 24.1 Å². The largest absolute Gasteiger partial charge is 0.365 e.